The summed E-state index contributed by atoms with van der Waals surface area (Å²) >= 11 is 14.4. The molecule has 0 aromatic rings. The molecule has 16 atom stereocenters. The van der Waals surface area contributed by atoms with E-state index in [4.69, 9.17) is 125 Å². The second kappa shape index (κ2) is 48.0. The molecule has 24 aliphatic rings. The van der Waals surface area contributed by atoms with E-state index in [1.165, 1.54) is 0 Å². The molecule has 26 nitrogen and oxygen atoms in total. The van der Waals surface area contributed by atoms with Gasteiger partial charge >= 0.3 is 127 Å². The zero-order valence-corrected chi connectivity index (χ0v) is 106. The fourth-order valence-corrected chi connectivity index (χ4v) is 136. The Kier molecular flexibility index (Phi) is 37.7. The van der Waals surface area contributed by atoms with Crippen LogP contribution in [0.3, 0.4) is 0 Å². The first kappa shape index (κ1) is 112. The van der Waals surface area contributed by atoms with Gasteiger partial charge in [-0.3, -0.25) is 0 Å². The molecule has 12 bridgehead atoms. The van der Waals surface area contributed by atoms with Crippen LogP contribution in [0.1, 0.15) is 514 Å². The Bertz CT molecular complexity index is 3380. The monoisotopic (exact) mass is 2360 g/mol. The van der Waals surface area contributed by atoms with Gasteiger partial charge in [0.05, 0.1) is 0 Å². The molecule has 0 N–H and O–H groups in total. The number of halogens is 3. The van der Waals surface area contributed by atoms with Gasteiger partial charge in [0.2, 0.25) is 35.2 Å². The quantitative estimate of drug-likeness (QED) is 0.102. The maximum atomic E-state index is 17.4. The third kappa shape index (κ3) is 23.4. The second-order valence-electron chi connectivity index (χ2n) is 49.5. The molecule has 0 aromatic heterocycles. The Labute approximate surface area is 905 Å². The largest absolute Gasteiger partial charge is 4.00 e. The van der Waals surface area contributed by atoms with E-state index in [9.17, 15) is 0 Å². The van der Waals surface area contributed by atoms with E-state index in [1.807, 2.05) is 0 Å². The molecular weight excluding hydrogens is 2180 g/mol. The summed E-state index contributed by atoms with van der Waals surface area (Å²) in [5.74, 6) is 0. The summed E-state index contributed by atoms with van der Waals surface area (Å²) in [6, 6.07) is 0. The number of fused-ring (bicyclic) bond motifs is 8. The number of hydrogen-bond donors (Lipinski definition) is 0. The first-order chi connectivity index (χ1) is 69.0. The van der Waals surface area contributed by atoms with Crippen molar-refractivity contribution in [2.45, 2.75) is 607 Å². The average molecular weight is 2360 g/mol. The molecule has 24 rings (SSSR count). The maximum Gasteiger partial charge on any atom is 4.00 e. The van der Waals surface area contributed by atoms with Gasteiger partial charge < -0.3 is 110 Å². The molecule has 8 heterocycles. The molecule has 8 saturated heterocycles. The molecular formula is C97H177Cl3O26Si16Ti. The van der Waals surface area contributed by atoms with Crippen LogP contribution < -0.4 is 19.2 Å². The average Bonchev–Trinajstić information content (AvgIpc) is 0.678. The molecule has 810 valence electrons. The minimum Gasteiger partial charge on any atom is -0.817 e. The third-order valence-corrected chi connectivity index (χ3v) is 115. The van der Waals surface area contributed by atoms with Crippen molar-refractivity contribution in [2.75, 3.05) is 0 Å². The van der Waals surface area contributed by atoms with Crippen molar-refractivity contribution in [3.8, 4) is 0 Å². The van der Waals surface area contributed by atoms with Crippen LogP contribution in [0.15, 0.2) is 0 Å². The van der Waals surface area contributed by atoms with Crippen molar-refractivity contribution in [1.29, 1.82) is 0 Å². The topological polar surface area (TPSA) is 295 Å². The molecule has 0 amide bonds. The van der Waals surface area contributed by atoms with Crippen molar-refractivity contribution < 1.29 is 131 Å². The van der Waals surface area contributed by atoms with Crippen LogP contribution in [0.4, 0.5) is 0 Å². The Balaban J connectivity index is 0.000000162. The van der Waals surface area contributed by atoms with Crippen molar-refractivity contribution in [1.82, 2.24) is 0 Å². The van der Waals surface area contributed by atoms with Gasteiger partial charge in [-0.2, -0.15) is 0 Å². The van der Waals surface area contributed by atoms with E-state index in [-0.39, 0.29) is 110 Å². The summed E-state index contributed by atoms with van der Waals surface area (Å²) in [5.41, 5.74) is -2.99. The van der Waals surface area contributed by atoms with Crippen molar-refractivity contribution in [3.63, 3.8) is 0 Å². The van der Waals surface area contributed by atoms with Crippen LogP contribution in [0.5, 0.6) is 0 Å². The normalized spacial score (nSPS) is 45.0. The van der Waals surface area contributed by atoms with E-state index < -0.39 is 145 Å². The molecule has 0 radical (unpaired) electrons. The Morgan fingerprint density at radius 2 is 0.182 bits per heavy atom. The summed E-state index contributed by atoms with van der Waals surface area (Å²) in [4.78, 5) is 69.7. The van der Waals surface area contributed by atoms with Crippen molar-refractivity contribution >= 4 is 176 Å². The minimum atomic E-state index is -4.64. The van der Waals surface area contributed by atoms with Crippen LogP contribution in [0.2, 0.25) is 88.7 Å². The maximum absolute atomic E-state index is 17.4. The molecule has 8 unspecified atom stereocenters. The van der Waals surface area contributed by atoms with E-state index in [1.54, 1.807) is 0 Å². The second-order valence-corrected chi connectivity index (χ2v) is 102. The minimum absolute atomic E-state index is 0. The van der Waals surface area contributed by atoms with Gasteiger partial charge in [0, 0.05) is 66.5 Å². The van der Waals surface area contributed by atoms with E-state index in [0.29, 0.717) is 0 Å². The van der Waals surface area contributed by atoms with Crippen molar-refractivity contribution in [3.05, 3.63) is 0 Å². The number of rotatable bonds is 16. The Morgan fingerprint density at radius 1 is 0.119 bits per heavy atom. The smallest absolute Gasteiger partial charge is 0.817 e. The van der Waals surface area contributed by atoms with Gasteiger partial charge in [0.15, 0.2) is 4.30 Å². The van der Waals surface area contributed by atoms with Crippen LogP contribution in [0, 0.1) is 0 Å². The molecule has 16 aliphatic carbocycles. The van der Waals surface area contributed by atoms with Crippen LogP contribution in [-0.2, 0) is 112 Å². The summed E-state index contributed by atoms with van der Waals surface area (Å²) < 4.78 is 183. The zero-order valence-electron chi connectivity index (χ0n) is 86.6. The Hall–Kier alpha value is 4.01. The van der Waals surface area contributed by atoms with Crippen molar-refractivity contribution in [2.24, 2.45) is 0 Å². The first-order valence-corrected chi connectivity index (χ1v) is 90.3. The summed E-state index contributed by atoms with van der Waals surface area (Å²) in [6.07, 6.45) is 76.6. The number of alkyl halides is 3. The summed E-state index contributed by atoms with van der Waals surface area (Å²) in [6.45, 7) is 0. The number of hydrogen-bond acceptors (Lipinski definition) is 26. The van der Waals surface area contributed by atoms with Gasteiger partial charge in [-0.05, 0) is 228 Å². The molecule has 16 saturated carbocycles. The van der Waals surface area contributed by atoms with Gasteiger partial charge in [0.1, 0.15) is 0 Å². The van der Waals surface area contributed by atoms with Crippen LogP contribution in [-0.4, -0.2) is 145 Å². The standard InChI is InChI=1S/2C48H88O13Si8.CHCl3.Ti/c2*49-62(41-25-9-1-10-26-41)51-64(43-29-13-3-14-30-43)55-66(45-33-17-5-18-34-45)53-63(50,42-27-11-2-12-28-42)54-67(46-35-19-6-20-36-46)56-65(52-62,44-31-15-4-16-32-44)58-68(57-64,47-37-21-7-22-38-47)61-69(59-66,60-67)48-39-23-8-24-40-48;2-1(3)4;/h2*41-48H,1-40H2;1H;/q2*-2;;+4/t2*62?,63?,64-,65+,66+,67-,68?,69?;;. The van der Waals surface area contributed by atoms with Gasteiger partial charge in [-0.25, -0.2) is 0 Å². The first-order valence-electron chi connectivity index (χ1n) is 60.1. The van der Waals surface area contributed by atoms with E-state index in [2.05, 4.69) is 0 Å². The summed E-state index contributed by atoms with van der Waals surface area (Å²) in [7, 11) is -70.2. The predicted molar refractivity (Wildman–Crippen MR) is 567 cm³/mol. The van der Waals surface area contributed by atoms with Gasteiger partial charge in [-0.1, -0.05) is 343 Å². The van der Waals surface area contributed by atoms with Crippen LogP contribution >= 0.6 is 34.8 Å². The predicted octanol–water partition coefficient (Wildman–Crippen LogP) is 26.2. The zero-order chi connectivity index (χ0) is 96.9. The fraction of sp³-hybridized carbons (Fsp3) is 1.00. The van der Waals surface area contributed by atoms with E-state index in [0.717, 1.165) is 514 Å². The fourth-order valence-electron chi connectivity index (χ4n) is 32.2. The Morgan fingerprint density at radius 3 is 0.259 bits per heavy atom. The third-order valence-electron chi connectivity index (χ3n) is 39.9. The van der Waals surface area contributed by atoms with E-state index >= 15 is 19.2 Å². The molecule has 24 fully saturated rings. The van der Waals surface area contributed by atoms with Crippen LogP contribution in [0.25, 0.3) is 0 Å². The van der Waals surface area contributed by atoms with Gasteiger partial charge in [0.25, 0.3) is 0 Å². The molecule has 46 heteroatoms. The molecule has 0 aromatic carbocycles. The van der Waals surface area contributed by atoms with Gasteiger partial charge in [-0.15, -0.1) is 0 Å². The molecule has 143 heavy (non-hydrogen) atoms. The SMILES string of the molecule is ClC(Cl)Cl.[O-][Si]1(C2CCCCC2)O[Si@]2(C3CCCCC3)O[Si]3(C4CCCCC4)O[Si]4(C5CCCCC5)O[Si@@](C5CCCCC5)(O[Si]([O-])(C5CCCCC5)O[Si@@](C5CCCCC5)(O4)O2)O[Si@@](C2CCCCC2)(O1)O3.[O-][Si]1(C2CCCCC2)O[Si@]2(C3CCCCC3)O[Si]3(C4CCCCC4)O[Si]4(C5CCCCC5)O[Si@@](C5CCCCC5)(O[Si]([O-])(C5CCCCC5)O[Si@@](C5CCCCC5)(O4)O2)O[Si@@](C2CCCCC2)(O1)O3.[Ti+4]. The molecule has 0 spiro atoms. The summed E-state index contributed by atoms with van der Waals surface area (Å²) in [5, 5.41) is 0. The molecule has 8 aliphatic heterocycles.